The second-order valence-electron chi connectivity index (χ2n) is 9.63. The van der Waals surface area contributed by atoms with Crippen LogP contribution in [0.25, 0.3) is 0 Å². The summed E-state index contributed by atoms with van der Waals surface area (Å²) in [6, 6.07) is -0.299. The molecule has 3 rings (SSSR count). The third kappa shape index (κ3) is 4.85. The van der Waals surface area contributed by atoms with Gasteiger partial charge in [0.15, 0.2) is 0 Å². The molecule has 3 aliphatic rings. The number of nitrogens with one attached hydrogen (secondary N) is 1. The number of carbonyl (C=O) groups is 3. The summed E-state index contributed by atoms with van der Waals surface area (Å²) in [4.78, 5) is 37.9. The van der Waals surface area contributed by atoms with Crippen LogP contribution in [0.2, 0.25) is 0 Å². The maximum atomic E-state index is 13.0. The molecular weight excluding hydrogens is 476 g/mol. The lowest BCUT2D eigenvalue weighted by atomic mass is 9.78. The molecule has 3 fully saturated rings. The van der Waals surface area contributed by atoms with Crippen molar-refractivity contribution in [1.29, 1.82) is 0 Å². The minimum absolute atomic E-state index is 0.0813. The van der Waals surface area contributed by atoms with Gasteiger partial charge in [0, 0.05) is 17.9 Å². The van der Waals surface area contributed by atoms with E-state index in [1.54, 1.807) is 14.0 Å². The molecule has 0 spiro atoms. The van der Waals surface area contributed by atoms with Gasteiger partial charge < -0.3 is 19.5 Å². The first-order valence-corrected chi connectivity index (χ1v) is 11.0. The second-order valence-corrected chi connectivity index (χ2v) is 9.63. The number of ether oxygens (including phenoxy) is 3. The zero-order chi connectivity index (χ0) is 25.7. The van der Waals surface area contributed by atoms with E-state index >= 15 is 0 Å². The summed E-state index contributed by atoms with van der Waals surface area (Å²) < 4.78 is 92.1. The fraction of sp³-hybridized carbons (Fsp3) is 0.857. The predicted molar refractivity (Wildman–Crippen MR) is 102 cm³/mol. The molecule has 2 bridgehead atoms. The van der Waals surface area contributed by atoms with Gasteiger partial charge in [0.2, 0.25) is 0 Å². The molecule has 13 heteroatoms. The second kappa shape index (κ2) is 9.19. The predicted octanol–water partition coefficient (Wildman–Crippen LogP) is 3.01. The minimum Gasteiger partial charge on any atom is -0.458 e. The van der Waals surface area contributed by atoms with Gasteiger partial charge in [-0.2, -0.15) is 26.3 Å². The van der Waals surface area contributed by atoms with Crippen LogP contribution in [0.15, 0.2) is 0 Å². The first-order valence-electron chi connectivity index (χ1n) is 11.0. The largest absolute Gasteiger partial charge is 0.458 e. The summed E-state index contributed by atoms with van der Waals surface area (Å²) in [5, 5.41) is 2.95. The van der Waals surface area contributed by atoms with Crippen molar-refractivity contribution in [2.45, 2.75) is 70.3 Å². The topological polar surface area (TPSA) is 90.9 Å². The van der Waals surface area contributed by atoms with Gasteiger partial charge in [-0.3, -0.25) is 14.4 Å². The van der Waals surface area contributed by atoms with Crippen LogP contribution in [0.4, 0.5) is 26.3 Å². The Morgan fingerprint density at radius 1 is 1.09 bits per heavy atom. The molecular formula is C21H27F6NO6. The first-order chi connectivity index (χ1) is 15.6. The van der Waals surface area contributed by atoms with Crippen LogP contribution in [-0.2, 0) is 28.6 Å². The fourth-order valence-electron chi connectivity index (χ4n) is 5.42. The molecule has 0 aromatic heterocycles. The maximum absolute atomic E-state index is 13.0. The highest BCUT2D eigenvalue weighted by atomic mass is 19.4. The normalized spacial score (nSPS) is 32.2. The molecule has 1 N–H and O–H groups in total. The summed E-state index contributed by atoms with van der Waals surface area (Å²) >= 11 is 0. The first kappa shape index (κ1) is 26.6. The minimum atomic E-state index is -5.89. The van der Waals surface area contributed by atoms with Gasteiger partial charge in [-0.05, 0) is 32.7 Å². The Bertz CT molecular complexity index is 801. The van der Waals surface area contributed by atoms with Crippen molar-refractivity contribution < 1.29 is 54.9 Å². The number of halogens is 6. The molecule has 34 heavy (non-hydrogen) atoms. The maximum Gasteiger partial charge on any atom is 0.434 e. The van der Waals surface area contributed by atoms with Gasteiger partial charge >= 0.3 is 30.3 Å². The average molecular weight is 503 g/mol. The van der Waals surface area contributed by atoms with Crippen molar-refractivity contribution in [3.8, 4) is 0 Å². The fourth-order valence-corrected chi connectivity index (χ4v) is 5.42. The molecule has 1 heterocycles. The van der Waals surface area contributed by atoms with Crippen LogP contribution in [0.3, 0.4) is 0 Å². The summed E-state index contributed by atoms with van der Waals surface area (Å²) in [7, 11) is 1.65. The lowest BCUT2D eigenvalue weighted by Gasteiger charge is -2.33. The van der Waals surface area contributed by atoms with E-state index < -0.39 is 78.2 Å². The molecule has 2 aliphatic carbocycles. The Morgan fingerprint density at radius 2 is 1.68 bits per heavy atom. The monoisotopic (exact) mass is 503 g/mol. The lowest BCUT2D eigenvalue weighted by molar-refractivity contribution is -0.315. The number of esters is 3. The summed E-state index contributed by atoms with van der Waals surface area (Å²) in [5.74, 6) is -8.39. The molecule has 0 radical (unpaired) electrons. The van der Waals surface area contributed by atoms with Crippen LogP contribution in [0.1, 0.15) is 33.6 Å². The standard InChI is InChI=1S/C21H27F6NO6/c1-7(2)5-9(8(3)28-4)16(29)32-14-11-6-10-12(17(30)33-15(10)14)13(11)18(31)34-19(20(22,23)24)21(25,26)27/h7-15,19,28H,5-6H2,1-4H3. The van der Waals surface area contributed by atoms with Crippen molar-refractivity contribution >= 4 is 17.9 Å². The van der Waals surface area contributed by atoms with E-state index in [-0.39, 0.29) is 18.4 Å². The molecule has 0 amide bonds. The molecule has 0 aromatic carbocycles. The number of rotatable bonds is 8. The van der Waals surface area contributed by atoms with E-state index in [2.05, 4.69) is 10.1 Å². The highest BCUT2D eigenvalue weighted by Gasteiger charge is 2.71. The van der Waals surface area contributed by atoms with Crippen LogP contribution >= 0.6 is 0 Å². The molecule has 1 aliphatic heterocycles. The Morgan fingerprint density at radius 3 is 2.18 bits per heavy atom. The SMILES string of the molecule is CNC(C)C(CC(C)C)C(=O)OC1C2CC3C1OC(=O)C3C2C(=O)OC(C(F)(F)F)C(F)(F)F. The molecule has 0 aromatic rings. The van der Waals surface area contributed by atoms with E-state index in [9.17, 15) is 40.7 Å². The Kier molecular flexibility index (Phi) is 7.18. The molecule has 2 saturated carbocycles. The van der Waals surface area contributed by atoms with Crippen molar-refractivity contribution in [3.63, 3.8) is 0 Å². The molecule has 8 atom stereocenters. The van der Waals surface area contributed by atoms with Gasteiger partial charge in [-0.15, -0.1) is 0 Å². The van der Waals surface area contributed by atoms with Gasteiger partial charge in [-0.1, -0.05) is 13.8 Å². The Labute approximate surface area is 191 Å². The van der Waals surface area contributed by atoms with Crippen LogP contribution < -0.4 is 5.32 Å². The lowest BCUT2D eigenvalue weighted by Crippen LogP contribution is -2.50. The van der Waals surface area contributed by atoms with E-state index in [1.165, 1.54) is 0 Å². The summed E-state index contributed by atoms with van der Waals surface area (Å²) in [6.07, 6.45) is -17.6. The number of hydrogen-bond donors (Lipinski definition) is 1. The number of alkyl halides is 6. The van der Waals surface area contributed by atoms with E-state index in [0.29, 0.717) is 6.42 Å². The van der Waals surface area contributed by atoms with Crippen LogP contribution in [0, 0.1) is 35.5 Å². The van der Waals surface area contributed by atoms with Crippen molar-refractivity contribution in [2.24, 2.45) is 35.5 Å². The zero-order valence-corrected chi connectivity index (χ0v) is 18.9. The third-order valence-corrected chi connectivity index (χ3v) is 6.99. The number of hydrogen-bond acceptors (Lipinski definition) is 7. The summed E-state index contributed by atoms with van der Waals surface area (Å²) in [5.41, 5.74) is 0. The van der Waals surface area contributed by atoms with Gasteiger partial charge in [0.05, 0.1) is 17.8 Å². The van der Waals surface area contributed by atoms with E-state index in [4.69, 9.17) is 9.47 Å². The van der Waals surface area contributed by atoms with Crippen molar-refractivity contribution in [2.75, 3.05) is 7.05 Å². The van der Waals surface area contributed by atoms with Crippen LogP contribution in [-0.4, -0.2) is 61.7 Å². The van der Waals surface area contributed by atoms with E-state index in [0.717, 1.165) is 0 Å². The van der Waals surface area contributed by atoms with Gasteiger partial charge in [0.1, 0.15) is 12.2 Å². The molecule has 194 valence electrons. The Balaban J connectivity index is 1.82. The van der Waals surface area contributed by atoms with Gasteiger partial charge in [0.25, 0.3) is 6.10 Å². The van der Waals surface area contributed by atoms with Crippen molar-refractivity contribution in [1.82, 2.24) is 5.32 Å². The smallest absolute Gasteiger partial charge is 0.434 e. The molecule has 7 nitrogen and oxygen atoms in total. The van der Waals surface area contributed by atoms with Crippen molar-refractivity contribution in [3.05, 3.63) is 0 Å². The number of carbonyl (C=O) groups excluding carboxylic acids is 3. The van der Waals surface area contributed by atoms with Crippen LogP contribution in [0.5, 0.6) is 0 Å². The quantitative estimate of drug-likeness (QED) is 0.309. The average Bonchev–Trinajstić information content (AvgIpc) is 3.31. The number of fused-ring (bicyclic) bond motifs is 1. The third-order valence-electron chi connectivity index (χ3n) is 6.99. The van der Waals surface area contributed by atoms with E-state index in [1.807, 2.05) is 13.8 Å². The molecule has 1 saturated heterocycles. The summed E-state index contributed by atoms with van der Waals surface area (Å²) in [6.45, 7) is 5.55. The zero-order valence-electron chi connectivity index (χ0n) is 18.9. The molecule has 8 unspecified atom stereocenters. The Hall–Kier alpha value is -2.05. The highest BCUT2D eigenvalue weighted by molar-refractivity contribution is 5.86. The highest BCUT2D eigenvalue weighted by Crippen LogP contribution is 2.59. The van der Waals surface area contributed by atoms with Gasteiger partial charge in [-0.25, -0.2) is 0 Å².